The molecule has 0 saturated carbocycles. The highest BCUT2D eigenvalue weighted by molar-refractivity contribution is 5.65. The molecule has 0 amide bonds. The van der Waals surface area contributed by atoms with Gasteiger partial charge in [0.2, 0.25) is 0 Å². The van der Waals surface area contributed by atoms with E-state index in [4.69, 9.17) is 0 Å². The molecule has 22 heavy (non-hydrogen) atoms. The fourth-order valence-electron chi connectivity index (χ4n) is 2.73. The molecule has 0 radical (unpaired) electrons. The van der Waals surface area contributed by atoms with Crippen molar-refractivity contribution in [2.24, 2.45) is 0 Å². The van der Waals surface area contributed by atoms with E-state index in [0.29, 0.717) is 12.1 Å². The second-order valence-electron chi connectivity index (χ2n) is 5.88. The van der Waals surface area contributed by atoms with Crippen molar-refractivity contribution in [3.63, 3.8) is 0 Å². The van der Waals surface area contributed by atoms with Gasteiger partial charge in [0.15, 0.2) is 0 Å². The molecule has 3 nitrogen and oxygen atoms in total. The average molecular weight is 299 g/mol. The highest BCUT2D eigenvalue weighted by atomic mass is 16.3. The number of aryl methyl sites for hydroxylation is 2. The van der Waals surface area contributed by atoms with Gasteiger partial charge in [0.25, 0.3) is 5.56 Å². The van der Waals surface area contributed by atoms with Crippen molar-refractivity contribution in [1.82, 2.24) is 4.57 Å². The van der Waals surface area contributed by atoms with Crippen molar-refractivity contribution in [3.8, 4) is 11.3 Å². The van der Waals surface area contributed by atoms with Gasteiger partial charge in [-0.25, -0.2) is 0 Å². The number of nitrogens with zero attached hydrogens (tertiary/aromatic N) is 1. The van der Waals surface area contributed by atoms with E-state index < -0.39 is 0 Å². The third kappa shape index (κ3) is 3.47. The summed E-state index contributed by atoms with van der Waals surface area (Å²) >= 11 is 0. The van der Waals surface area contributed by atoms with Crippen LogP contribution in [0.5, 0.6) is 0 Å². The van der Waals surface area contributed by atoms with Gasteiger partial charge in [-0.15, -0.1) is 0 Å². The van der Waals surface area contributed by atoms with Crippen molar-refractivity contribution in [3.05, 3.63) is 57.4 Å². The molecule has 0 saturated heterocycles. The van der Waals surface area contributed by atoms with Gasteiger partial charge in [-0.1, -0.05) is 37.5 Å². The predicted octanol–water partition coefficient (Wildman–Crippen LogP) is 3.81. The Hall–Kier alpha value is -1.87. The minimum atomic E-state index is -0.209. The molecule has 118 valence electrons. The Balaban J connectivity index is 2.56. The van der Waals surface area contributed by atoms with Gasteiger partial charge in [0, 0.05) is 17.7 Å². The first-order valence-electron chi connectivity index (χ1n) is 7.99. The number of hydrogen-bond acceptors (Lipinski definition) is 2. The van der Waals surface area contributed by atoms with Gasteiger partial charge in [0.1, 0.15) is 0 Å². The normalized spacial score (nSPS) is 10.9. The Morgan fingerprint density at radius 2 is 1.86 bits per heavy atom. The predicted molar refractivity (Wildman–Crippen MR) is 91.1 cm³/mol. The van der Waals surface area contributed by atoms with Crippen molar-refractivity contribution in [2.75, 3.05) is 0 Å². The summed E-state index contributed by atoms with van der Waals surface area (Å²) in [6.45, 7) is 6.77. The zero-order valence-electron chi connectivity index (χ0n) is 13.7. The molecule has 0 aliphatic carbocycles. The summed E-state index contributed by atoms with van der Waals surface area (Å²) in [5.74, 6) is 0. The van der Waals surface area contributed by atoms with E-state index in [-0.39, 0.29) is 12.2 Å². The zero-order valence-corrected chi connectivity index (χ0v) is 13.7. The summed E-state index contributed by atoms with van der Waals surface area (Å²) in [5, 5.41) is 9.36. The number of benzene rings is 1. The molecule has 0 unspecified atom stereocenters. The Labute approximate surface area is 132 Å². The van der Waals surface area contributed by atoms with Crippen LogP contribution in [-0.4, -0.2) is 9.67 Å². The SMILES string of the molecule is CCCCCn1c(-c2cc(C)ccc2C)ccc(CO)c1=O. The second kappa shape index (κ2) is 7.41. The number of rotatable bonds is 6. The summed E-state index contributed by atoms with van der Waals surface area (Å²) < 4.78 is 1.82. The maximum absolute atomic E-state index is 12.6. The Kier molecular flexibility index (Phi) is 5.56. The molecule has 1 aromatic carbocycles. The third-order valence-electron chi connectivity index (χ3n) is 4.08. The number of unbranched alkanes of at least 4 members (excludes halogenated alkanes) is 2. The van der Waals surface area contributed by atoms with E-state index in [1.807, 2.05) is 10.6 Å². The van der Waals surface area contributed by atoms with Gasteiger partial charge < -0.3 is 9.67 Å². The first-order valence-corrected chi connectivity index (χ1v) is 7.99. The number of aliphatic hydroxyl groups excluding tert-OH is 1. The van der Waals surface area contributed by atoms with Crippen LogP contribution in [0.3, 0.4) is 0 Å². The first-order chi connectivity index (χ1) is 10.6. The molecular weight excluding hydrogens is 274 g/mol. The lowest BCUT2D eigenvalue weighted by molar-refractivity contribution is 0.279. The largest absolute Gasteiger partial charge is 0.391 e. The van der Waals surface area contributed by atoms with E-state index in [1.165, 1.54) is 5.56 Å². The Bertz CT molecular complexity index is 701. The van der Waals surface area contributed by atoms with Gasteiger partial charge in [-0.05, 0) is 44.0 Å². The van der Waals surface area contributed by atoms with Crippen LogP contribution in [-0.2, 0) is 13.2 Å². The molecule has 0 atom stereocenters. The summed E-state index contributed by atoms with van der Waals surface area (Å²) in [6.07, 6.45) is 3.19. The highest BCUT2D eigenvalue weighted by Crippen LogP contribution is 2.24. The molecular formula is C19H25NO2. The fourth-order valence-corrected chi connectivity index (χ4v) is 2.73. The van der Waals surface area contributed by atoms with Crippen molar-refractivity contribution in [1.29, 1.82) is 0 Å². The van der Waals surface area contributed by atoms with Crippen molar-refractivity contribution < 1.29 is 5.11 Å². The quantitative estimate of drug-likeness (QED) is 0.824. The van der Waals surface area contributed by atoms with Gasteiger partial charge in [-0.2, -0.15) is 0 Å². The molecule has 0 aliphatic heterocycles. The minimum Gasteiger partial charge on any atom is -0.391 e. The number of aliphatic hydroxyl groups is 1. The maximum Gasteiger partial charge on any atom is 0.256 e. The lowest BCUT2D eigenvalue weighted by Gasteiger charge is -2.16. The Morgan fingerprint density at radius 1 is 1.09 bits per heavy atom. The number of hydrogen-bond donors (Lipinski definition) is 1. The summed E-state index contributed by atoms with van der Waals surface area (Å²) in [5.41, 5.74) is 4.77. The summed E-state index contributed by atoms with van der Waals surface area (Å²) in [7, 11) is 0. The lowest BCUT2D eigenvalue weighted by atomic mass is 10.0. The van der Waals surface area contributed by atoms with Crippen LogP contribution >= 0.6 is 0 Å². The van der Waals surface area contributed by atoms with Gasteiger partial charge >= 0.3 is 0 Å². The van der Waals surface area contributed by atoms with E-state index in [2.05, 4.69) is 39.0 Å². The minimum absolute atomic E-state index is 0.0722. The van der Waals surface area contributed by atoms with E-state index >= 15 is 0 Å². The van der Waals surface area contributed by atoms with Crippen LogP contribution in [0.2, 0.25) is 0 Å². The Morgan fingerprint density at radius 3 is 2.55 bits per heavy atom. The first kappa shape index (κ1) is 16.5. The van der Waals surface area contributed by atoms with Crippen molar-refractivity contribution in [2.45, 2.75) is 53.2 Å². The fraction of sp³-hybridized carbons (Fsp3) is 0.421. The molecule has 3 heteroatoms. The van der Waals surface area contributed by atoms with Crippen LogP contribution < -0.4 is 5.56 Å². The molecule has 0 aliphatic rings. The van der Waals surface area contributed by atoms with Crippen LogP contribution in [0.15, 0.2) is 35.1 Å². The molecule has 0 fully saturated rings. The van der Waals surface area contributed by atoms with Gasteiger partial charge in [-0.3, -0.25) is 4.79 Å². The lowest BCUT2D eigenvalue weighted by Crippen LogP contribution is -2.25. The maximum atomic E-state index is 12.6. The summed E-state index contributed by atoms with van der Waals surface area (Å²) in [4.78, 5) is 12.6. The van der Waals surface area contributed by atoms with E-state index in [1.54, 1.807) is 6.07 Å². The molecule has 0 bridgehead atoms. The van der Waals surface area contributed by atoms with E-state index in [9.17, 15) is 9.90 Å². The molecule has 1 heterocycles. The molecule has 1 N–H and O–H groups in total. The van der Waals surface area contributed by atoms with E-state index in [0.717, 1.165) is 36.1 Å². The van der Waals surface area contributed by atoms with Crippen LogP contribution in [0.25, 0.3) is 11.3 Å². The van der Waals surface area contributed by atoms with Gasteiger partial charge in [0.05, 0.1) is 12.3 Å². The van der Waals surface area contributed by atoms with Crippen LogP contribution in [0.4, 0.5) is 0 Å². The second-order valence-corrected chi connectivity index (χ2v) is 5.88. The monoisotopic (exact) mass is 299 g/mol. The molecule has 2 rings (SSSR count). The van der Waals surface area contributed by atoms with Crippen molar-refractivity contribution >= 4 is 0 Å². The molecule has 2 aromatic rings. The zero-order chi connectivity index (χ0) is 16.1. The summed E-state index contributed by atoms with van der Waals surface area (Å²) in [6, 6.07) is 10.0. The standard InChI is InChI=1S/C19H25NO2/c1-4-5-6-11-20-18(10-9-16(13-21)19(20)22)17-12-14(2)7-8-15(17)3/h7-10,12,21H,4-6,11,13H2,1-3H3. The number of aromatic nitrogens is 1. The highest BCUT2D eigenvalue weighted by Gasteiger charge is 2.12. The number of pyridine rings is 1. The van der Waals surface area contributed by atoms with Crippen LogP contribution in [0, 0.1) is 13.8 Å². The van der Waals surface area contributed by atoms with Crippen LogP contribution in [0.1, 0.15) is 42.9 Å². The topological polar surface area (TPSA) is 42.2 Å². The smallest absolute Gasteiger partial charge is 0.256 e. The molecule has 0 spiro atoms. The average Bonchev–Trinajstić information content (AvgIpc) is 2.51. The third-order valence-corrected chi connectivity index (χ3v) is 4.08. The molecule has 1 aromatic heterocycles.